The van der Waals surface area contributed by atoms with Gasteiger partial charge in [-0.25, -0.2) is 0 Å². The van der Waals surface area contributed by atoms with E-state index in [9.17, 15) is 4.79 Å². The topological polar surface area (TPSA) is 82.2 Å². The lowest BCUT2D eigenvalue weighted by Gasteiger charge is -2.26. The molecule has 0 saturated carbocycles. The lowest BCUT2D eigenvalue weighted by atomic mass is 9.93. The Morgan fingerprint density at radius 3 is 2.86 bits per heavy atom. The first-order chi connectivity index (χ1) is 13.7. The SMILES string of the molecule is Cc1ccnn1CCNC(=O)C1(Cc2cc(-c3ccccc3)no2)CCCO1. The maximum absolute atomic E-state index is 12.9. The summed E-state index contributed by atoms with van der Waals surface area (Å²) in [6.07, 6.45) is 3.65. The Hall–Kier alpha value is -2.93. The first-order valence-electron chi connectivity index (χ1n) is 9.58. The van der Waals surface area contributed by atoms with Crippen LogP contribution in [0, 0.1) is 6.92 Å². The maximum Gasteiger partial charge on any atom is 0.252 e. The summed E-state index contributed by atoms with van der Waals surface area (Å²) in [5, 5.41) is 11.4. The Bertz CT molecular complexity index is 926. The molecule has 1 fully saturated rings. The van der Waals surface area contributed by atoms with Gasteiger partial charge >= 0.3 is 0 Å². The summed E-state index contributed by atoms with van der Waals surface area (Å²) >= 11 is 0. The van der Waals surface area contributed by atoms with Crippen LogP contribution in [0.3, 0.4) is 0 Å². The van der Waals surface area contributed by atoms with Crippen molar-refractivity contribution in [3.05, 3.63) is 60.1 Å². The fourth-order valence-electron chi connectivity index (χ4n) is 3.59. The second-order valence-electron chi connectivity index (χ2n) is 7.12. The number of benzene rings is 1. The number of rotatable bonds is 7. The number of carbonyl (C=O) groups is 1. The fraction of sp³-hybridized carbons (Fsp3) is 0.381. The average molecular weight is 380 g/mol. The molecule has 4 rings (SSSR count). The summed E-state index contributed by atoms with van der Waals surface area (Å²) in [6, 6.07) is 13.7. The Labute approximate surface area is 163 Å². The summed E-state index contributed by atoms with van der Waals surface area (Å²) in [6.45, 7) is 3.69. The van der Waals surface area contributed by atoms with Crippen LogP contribution in [-0.4, -0.2) is 39.6 Å². The summed E-state index contributed by atoms with van der Waals surface area (Å²) < 4.78 is 13.3. The van der Waals surface area contributed by atoms with Crippen LogP contribution in [0.2, 0.25) is 0 Å². The first kappa shape index (κ1) is 18.4. The van der Waals surface area contributed by atoms with Gasteiger partial charge in [0.05, 0.1) is 6.54 Å². The number of aromatic nitrogens is 3. The highest BCUT2D eigenvalue weighted by Crippen LogP contribution is 2.31. The van der Waals surface area contributed by atoms with Crippen LogP contribution in [0.5, 0.6) is 0 Å². The third kappa shape index (κ3) is 3.84. The van der Waals surface area contributed by atoms with E-state index in [1.165, 1.54) is 0 Å². The number of hydrogen-bond acceptors (Lipinski definition) is 5. The van der Waals surface area contributed by atoms with E-state index in [2.05, 4.69) is 15.6 Å². The molecule has 1 atom stereocenters. The molecule has 0 aliphatic carbocycles. The van der Waals surface area contributed by atoms with Gasteiger partial charge < -0.3 is 14.6 Å². The van der Waals surface area contributed by atoms with Gasteiger partial charge in [0.25, 0.3) is 5.91 Å². The normalized spacial score (nSPS) is 19.0. The first-order valence-corrected chi connectivity index (χ1v) is 9.58. The molecule has 1 amide bonds. The largest absolute Gasteiger partial charge is 0.365 e. The monoisotopic (exact) mass is 380 g/mol. The number of nitrogens with one attached hydrogen (secondary N) is 1. The molecule has 1 aliphatic heterocycles. The molecule has 0 spiro atoms. The van der Waals surface area contributed by atoms with E-state index in [0.29, 0.717) is 38.3 Å². The molecule has 7 heteroatoms. The number of hydrogen-bond donors (Lipinski definition) is 1. The molecule has 146 valence electrons. The zero-order valence-electron chi connectivity index (χ0n) is 15.9. The van der Waals surface area contributed by atoms with Gasteiger partial charge in [-0.1, -0.05) is 35.5 Å². The van der Waals surface area contributed by atoms with Crippen LogP contribution in [0.15, 0.2) is 53.2 Å². The van der Waals surface area contributed by atoms with E-state index in [1.807, 2.05) is 54.1 Å². The Morgan fingerprint density at radius 2 is 2.14 bits per heavy atom. The summed E-state index contributed by atoms with van der Waals surface area (Å²) in [5.74, 6) is 0.547. The van der Waals surface area contributed by atoms with Crippen LogP contribution in [0.4, 0.5) is 0 Å². The van der Waals surface area contributed by atoms with E-state index < -0.39 is 5.60 Å². The summed E-state index contributed by atoms with van der Waals surface area (Å²) in [4.78, 5) is 12.9. The van der Waals surface area contributed by atoms with Crippen LogP contribution < -0.4 is 5.32 Å². The third-order valence-electron chi connectivity index (χ3n) is 5.14. The van der Waals surface area contributed by atoms with E-state index in [1.54, 1.807) is 6.20 Å². The molecule has 1 aliphatic rings. The lowest BCUT2D eigenvalue weighted by Crippen LogP contribution is -2.48. The number of amides is 1. The van der Waals surface area contributed by atoms with Crippen molar-refractivity contribution < 1.29 is 14.1 Å². The molecule has 2 aromatic heterocycles. The highest BCUT2D eigenvalue weighted by Gasteiger charge is 2.43. The van der Waals surface area contributed by atoms with Gasteiger partial charge in [-0.15, -0.1) is 0 Å². The van der Waals surface area contributed by atoms with Gasteiger partial charge in [0, 0.05) is 43.1 Å². The predicted molar refractivity (Wildman–Crippen MR) is 104 cm³/mol. The molecule has 7 nitrogen and oxygen atoms in total. The van der Waals surface area contributed by atoms with Crippen molar-refractivity contribution >= 4 is 5.91 Å². The van der Waals surface area contributed by atoms with Crippen molar-refractivity contribution in [3.8, 4) is 11.3 Å². The zero-order valence-corrected chi connectivity index (χ0v) is 15.9. The van der Waals surface area contributed by atoms with Gasteiger partial charge in [-0.05, 0) is 25.8 Å². The van der Waals surface area contributed by atoms with Gasteiger partial charge in [0.2, 0.25) is 0 Å². The molecule has 1 aromatic carbocycles. The third-order valence-corrected chi connectivity index (χ3v) is 5.14. The minimum atomic E-state index is -0.896. The van der Waals surface area contributed by atoms with Crippen LogP contribution in [-0.2, 0) is 22.5 Å². The van der Waals surface area contributed by atoms with E-state index in [-0.39, 0.29) is 5.91 Å². The van der Waals surface area contributed by atoms with Crippen molar-refractivity contribution in [1.82, 2.24) is 20.3 Å². The van der Waals surface area contributed by atoms with Crippen LogP contribution >= 0.6 is 0 Å². The van der Waals surface area contributed by atoms with Crippen molar-refractivity contribution in [1.29, 1.82) is 0 Å². The summed E-state index contributed by atoms with van der Waals surface area (Å²) in [7, 11) is 0. The molecule has 1 unspecified atom stereocenters. The molecule has 3 aromatic rings. The highest BCUT2D eigenvalue weighted by atomic mass is 16.5. The van der Waals surface area contributed by atoms with Crippen molar-refractivity contribution in [2.45, 2.75) is 38.3 Å². The number of aryl methyl sites for hydroxylation is 1. The minimum absolute atomic E-state index is 0.104. The molecular weight excluding hydrogens is 356 g/mol. The molecule has 3 heterocycles. The Kier molecular flexibility index (Phi) is 5.25. The molecular formula is C21H24N4O3. The van der Waals surface area contributed by atoms with Crippen molar-refractivity contribution in [3.63, 3.8) is 0 Å². The lowest BCUT2D eigenvalue weighted by molar-refractivity contribution is -0.141. The zero-order chi connectivity index (χ0) is 19.4. The minimum Gasteiger partial charge on any atom is -0.365 e. The number of carbonyl (C=O) groups excluding carboxylic acids is 1. The van der Waals surface area contributed by atoms with Gasteiger partial charge in [0.15, 0.2) is 5.60 Å². The highest BCUT2D eigenvalue weighted by molar-refractivity contribution is 5.85. The van der Waals surface area contributed by atoms with Gasteiger partial charge in [-0.3, -0.25) is 9.48 Å². The molecule has 28 heavy (non-hydrogen) atoms. The van der Waals surface area contributed by atoms with Crippen LogP contribution in [0.1, 0.15) is 24.3 Å². The molecule has 1 N–H and O–H groups in total. The van der Waals surface area contributed by atoms with Gasteiger partial charge in [0.1, 0.15) is 11.5 Å². The van der Waals surface area contributed by atoms with E-state index in [0.717, 1.165) is 23.4 Å². The van der Waals surface area contributed by atoms with Crippen LogP contribution in [0.25, 0.3) is 11.3 Å². The second kappa shape index (κ2) is 7.98. The second-order valence-corrected chi connectivity index (χ2v) is 7.12. The fourth-order valence-corrected chi connectivity index (χ4v) is 3.59. The molecule has 0 radical (unpaired) electrons. The Balaban J connectivity index is 1.42. The average Bonchev–Trinajstić information content (AvgIpc) is 3.46. The van der Waals surface area contributed by atoms with E-state index in [4.69, 9.17) is 9.26 Å². The van der Waals surface area contributed by atoms with Gasteiger partial charge in [-0.2, -0.15) is 5.10 Å². The predicted octanol–water partition coefficient (Wildman–Crippen LogP) is 2.75. The Morgan fingerprint density at radius 1 is 1.29 bits per heavy atom. The van der Waals surface area contributed by atoms with E-state index >= 15 is 0 Å². The number of ether oxygens (including phenoxy) is 1. The van der Waals surface area contributed by atoms with Crippen molar-refractivity contribution in [2.24, 2.45) is 0 Å². The quantitative estimate of drug-likeness (QED) is 0.682. The standard InChI is InChI=1S/C21H24N4O3/c1-16-8-10-23-25(16)12-11-22-20(26)21(9-5-13-27-21)15-18-14-19(24-28-18)17-6-3-2-4-7-17/h2-4,6-8,10,14H,5,9,11-13,15H2,1H3,(H,22,26). The molecule has 0 bridgehead atoms. The number of nitrogens with zero attached hydrogens (tertiary/aromatic N) is 3. The maximum atomic E-state index is 12.9. The smallest absolute Gasteiger partial charge is 0.252 e. The molecule has 1 saturated heterocycles. The summed E-state index contributed by atoms with van der Waals surface area (Å²) in [5.41, 5.74) is 1.92. The van der Waals surface area contributed by atoms with Crippen molar-refractivity contribution in [2.75, 3.05) is 13.2 Å².